The minimum atomic E-state index is -0.497. The number of furan rings is 1. The van der Waals surface area contributed by atoms with Crippen molar-refractivity contribution in [3.8, 4) is 11.7 Å². The van der Waals surface area contributed by atoms with Crippen molar-refractivity contribution >= 4 is 6.09 Å². The van der Waals surface area contributed by atoms with Crippen molar-refractivity contribution in [2.45, 2.75) is 45.1 Å². The van der Waals surface area contributed by atoms with E-state index < -0.39 is 5.60 Å². The van der Waals surface area contributed by atoms with Crippen molar-refractivity contribution < 1.29 is 18.5 Å². The number of hydrogen-bond donors (Lipinski definition) is 0. The summed E-state index contributed by atoms with van der Waals surface area (Å²) < 4.78 is 15.9. The quantitative estimate of drug-likeness (QED) is 0.843. The maximum atomic E-state index is 12.2. The summed E-state index contributed by atoms with van der Waals surface area (Å²) in [5, 5.41) is 4.04. The first-order valence-electron chi connectivity index (χ1n) is 7.78. The zero-order chi connectivity index (χ0) is 16.4. The molecule has 0 spiro atoms. The summed E-state index contributed by atoms with van der Waals surface area (Å²) in [6.07, 6.45) is 3.06. The van der Waals surface area contributed by atoms with Crippen molar-refractivity contribution in [1.29, 1.82) is 0 Å². The van der Waals surface area contributed by atoms with Crippen molar-refractivity contribution in [3.63, 3.8) is 0 Å². The van der Waals surface area contributed by atoms with Crippen LogP contribution >= 0.6 is 0 Å². The molecule has 1 fully saturated rings. The molecule has 0 bridgehead atoms. The Hall–Kier alpha value is -2.31. The fourth-order valence-corrected chi connectivity index (χ4v) is 2.58. The molecule has 2 aromatic heterocycles. The summed E-state index contributed by atoms with van der Waals surface area (Å²) in [7, 11) is 0. The van der Waals surface area contributed by atoms with Gasteiger partial charge in [0.25, 0.3) is 5.89 Å². The van der Waals surface area contributed by atoms with E-state index in [1.165, 1.54) is 0 Å². The number of piperidine rings is 1. The average Bonchev–Trinajstić information content (AvgIpc) is 3.17. The number of rotatable bonds is 2. The number of carbonyl (C=O) groups is 1. The van der Waals surface area contributed by atoms with E-state index >= 15 is 0 Å². The lowest BCUT2D eigenvalue weighted by Gasteiger charge is -2.32. The predicted molar refractivity (Wildman–Crippen MR) is 81.8 cm³/mol. The number of likely N-dealkylation sites (tertiary alicyclic amines) is 1. The molecule has 1 aliphatic heterocycles. The number of carbonyl (C=O) groups excluding carboxylic acids is 1. The molecule has 3 heterocycles. The molecule has 0 aliphatic carbocycles. The van der Waals surface area contributed by atoms with Gasteiger partial charge in [0.15, 0.2) is 11.6 Å². The van der Waals surface area contributed by atoms with Crippen LogP contribution in [0.25, 0.3) is 11.7 Å². The Morgan fingerprint density at radius 1 is 1.43 bits per heavy atom. The van der Waals surface area contributed by atoms with Gasteiger partial charge in [-0.1, -0.05) is 5.16 Å². The molecule has 7 nitrogen and oxygen atoms in total. The summed E-state index contributed by atoms with van der Waals surface area (Å²) in [5.74, 6) is 1.55. The first-order chi connectivity index (χ1) is 10.9. The highest BCUT2D eigenvalue weighted by atomic mass is 16.6. The Labute approximate surface area is 134 Å². The van der Waals surface area contributed by atoms with E-state index in [9.17, 15) is 4.79 Å². The predicted octanol–water partition coefficient (Wildman–Crippen LogP) is 3.44. The van der Waals surface area contributed by atoms with E-state index in [0.717, 1.165) is 12.8 Å². The minimum Gasteiger partial charge on any atom is -0.459 e. The van der Waals surface area contributed by atoms with Gasteiger partial charge in [-0.2, -0.15) is 4.98 Å². The topological polar surface area (TPSA) is 81.6 Å². The molecule has 0 N–H and O–H groups in total. The zero-order valence-corrected chi connectivity index (χ0v) is 13.6. The molecule has 3 rings (SSSR count). The first kappa shape index (κ1) is 15.6. The van der Waals surface area contributed by atoms with Crippen LogP contribution in [0.5, 0.6) is 0 Å². The van der Waals surface area contributed by atoms with Crippen molar-refractivity contribution in [2.75, 3.05) is 13.1 Å². The van der Waals surface area contributed by atoms with Gasteiger partial charge in [0.1, 0.15) is 5.60 Å². The third-order valence-electron chi connectivity index (χ3n) is 3.61. The SMILES string of the molecule is CC(C)(C)OC(=O)N1CCC[C@@H](c2noc(-c3ccco3)n2)C1. The first-order valence-corrected chi connectivity index (χ1v) is 7.78. The van der Waals surface area contributed by atoms with Gasteiger partial charge in [0.2, 0.25) is 0 Å². The molecule has 1 saturated heterocycles. The molecule has 23 heavy (non-hydrogen) atoms. The monoisotopic (exact) mass is 319 g/mol. The molecule has 0 saturated carbocycles. The Bertz CT molecular complexity index is 657. The summed E-state index contributed by atoms with van der Waals surface area (Å²) in [6.45, 7) is 6.81. The number of nitrogens with zero attached hydrogens (tertiary/aromatic N) is 3. The zero-order valence-electron chi connectivity index (χ0n) is 13.6. The highest BCUT2D eigenvalue weighted by molar-refractivity contribution is 5.68. The number of ether oxygens (including phenoxy) is 1. The van der Waals surface area contributed by atoms with Crippen LogP contribution in [0.4, 0.5) is 4.79 Å². The third kappa shape index (κ3) is 3.72. The maximum Gasteiger partial charge on any atom is 0.410 e. The lowest BCUT2D eigenvalue weighted by atomic mass is 9.98. The van der Waals surface area contributed by atoms with E-state index in [4.69, 9.17) is 13.7 Å². The highest BCUT2D eigenvalue weighted by Gasteiger charge is 2.30. The highest BCUT2D eigenvalue weighted by Crippen LogP contribution is 2.28. The Morgan fingerprint density at radius 3 is 2.96 bits per heavy atom. The second-order valence-electron chi connectivity index (χ2n) is 6.70. The van der Waals surface area contributed by atoms with Gasteiger partial charge in [-0.25, -0.2) is 4.79 Å². The van der Waals surface area contributed by atoms with Crippen LogP contribution in [0.3, 0.4) is 0 Å². The fraction of sp³-hybridized carbons (Fsp3) is 0.562. The van der Waals surface area contributed by atoms with E-state index in [1.807, 2.05) is 20.8 Å². The summed E-state index contributed by atoms with van der Waals surface area (Å²) in [6, 6.07) is 3.54. The van der Waals surface area contributed by atoms with Gasteiger partial charge < -0.3 is 18.6 Å². The lowest BCUT2D eigenvalue weighted by molar-refractivity contribution is 0.0195. The number of amides is 1. The molecule has 2 aromatic rings. The van der Waals surface area contributed by atoms with Crippen LogP contribution in [-0.4, -0.2) is 39.8 Å². The van der Waals surface area contributed by atoms with Crippen LogP contribution < -0.4 is 0 Å². The molecule has 0 radical (unpaired) electrons. The molecule has 0 unspecified atom stereocenters. The second-order valence-corrected chi connectivity index (χ2v) is 6.70. The van der Waals surface area contributed by atoms with E-state index in [1.54, 1.807) is 23.3 Å². The fourth-order valence-electron chi connectivity index (χ4n) is 2.58. The van der Waals surface area contributed by atoms with Crippen LogP contribution in [0.2, 0.25) is 0 Å². The standard InChI is InChI=1S/C16H21N3O4/c1-16(2,3)22-15(20)19-8-4-6-11(10-19)13-17-14(23-18-13)12-7-5-9-21-12/h5,7,9,11H,4,6,8,10H2,1-3H3/t11-/m1/s1. The lowest BCUT2D eigenvalue weighted by Crippen LogP contribution is -2.42. The van der Waals surface area contributed by atoms with Gasteiger partial charge in [-0.15, -0.1) is 0 Å². The summed E-state index contributed by atoms with van der Waals surface area (Å²) in [4.78, 5) is 18.3. The molecule has 124 valence electrons. The van der Waals surface area contributed by atoms with Crippen LogP contribution in [-0.2, 0) is 4.74 Å². The molecule has 7 heteroatoms. The number of hydrogen-bond acceptors (Lipinski definition) is 6. The van der Waals surface area contributed by atoms with E-state index in [-0.39, 0.29) is 12.0 Å². The largest absolute Gasteiger partial charge is 0.459 e. The van der Waals surface area contributed by atoms with Crippen molar-refractivity contribution in [1.82, 2.24) is 15.0 Å². The molecule has 1 atom stereocenters. The third-order valence-corrected chi connectivity index (χ3v) is 3.61. The van der Waals surface area contributed by atoms with Crippen molar-refractivity contribution in [2.24, 2.45) is 0 Å². The Balaban J connectivity index is 1.68. The van der Waals surface area contributed by atoms with Crippen molar-refractivity contribution in [3.05, 3.63) is 24.2 Å². The van der Waals surface area contributed by atoms with E-state index in [2.05, 4.69) is 10.1 Å². The van der Waals surface area contributed by atoms with Gasteiger partial charge in [-0.3, -0.25) is 0 Å². The maximum absolute atomic E-state index is 12.2. The minimum absolute atomic E-state index is 0.0451. The van der Waals surface area contributed by atoms with E-state index in [0.29, 0.717) is 30.6 Å². The van der Waals surface area contributed by atoms with Crippen LogP contribution in [0, 0.1) is 0 Å². The molecular weight excluding hydrogens is 298 g/mol. The molecule has 1 aliphatic rings. The van der Waals surface area contributed by atoms with Gasteiger partial charge in [0.05, 0.1) is 6.26 Å². The normalized spacial score (nSPS) is 18.9. The molecule has 1 amide bonds. The smallest absolute Gasteiger partial charge is 0.410 e. The molecule has 0 aromatic carbocycles. The summed E-state index contributed by atoms with van der Waals surface area (Å²) in [5.41, 5.74) is -0.497. The Kier molecular flexibility index (Phi) is 4.11. The average molecular weight is 319 g/mol. The van der Waals surface area contributed by atoms with Gasteiger partial charge in [0, 0.05) is 19.0 Å². The van der Waals surface area contributed by atoms with Gasteiger partial charge >= 0.3 is 6.09 Å². The van der Waals surface area contributed by atoms with Gasteiger partial charge in [-0.05, 0) is 45.7 Å². The molecular formula is C16H21N3O4. The second kappa shape index (κ2) is 6.06. The van der Waals surface area contributed by atoms with Crippen LogP contribution in [0.1, 0.15) is 45.4 Å². The summed E-state index contributed by atoms with van der Waals surface area (Å²) >= 11 is 0. The Morgan fingerprint density at radius 2 is 2.26 bits per heavy atom. The van der Waals surface area contributed by atoms with Crippen LogP contribution in [0.15, 0.2) is 27.3 Å². The number of aromatic nitrogens is 2.